The first-order valence-corrected chi connectivity index (χ1v) is 9.96. The molecular formula is C24H25N3O4. The number of nitrogens with one attached hydrogen (secondary N) is 3. The van der Waals surface area contributed by atoms with Crippen LogP contribution in [0.4, 0.5) is 5.69 Å². The van der Waals surface area contributed by atoms with Gasteiger partial charge in [0.1, 0.15) is 6.04 Å². The van der Waals surface area contributed by atoms with Crippen molar-refractivity contribution in [1.29, 1.82) is 0 Å². The lowest BCUT2D eigenvalue weighted by atomic mass is 10.0. The molecule has 0 aliphatic carbocycles. The number of furan rings is 1. The van der Waals surface area contributed by atoms with E-state index in [1.165, 1.54) is 12.3 Å². The van der Waals surface area contributed by atoms with Gasteiger partial charge in [0.05, 0.1) is 12.8 Å². The highest BCUT2D eigenvalue weighted by Gasteiger charge is 2.23. The molecule has 3 amide bonds. The second-order valence-electron chi connectivity index (χ2n) is 7.23. The van der Waals surface area contributed by atoms with E-state index >= 15 is 0 Å². The topological polar surface area (TPSA) is 100 Å². The molecule has 1 aromatic heterocycles. The van der Waals surface area contributed by atoms with Crippen molar-refractivity contribution in [3.05, 3.63) is 89.4 Å². The van der Waals surface area contributed by atoms with Crippen LogP contribution in [0.25, 0.3) is 0 Å². The maximum absolute atomic E-state index is 12.8. The van der Waals surface area contributed by atoms with E-state index in [2.05, 4.69) is 16.0 Å². The number of carbonyl (C=O) groups is 3. The second kappa shape index (κ2) is 10.2. The summed E-state index contributed by atoms with van der Waals surface area (Å²) in [5.74, 6) is -1.19. The minimum atomic E-state index is -0.868. The van der Waals surface area contributed by atoms with Crippen LogP contribution in [0.15, 0.2) is 71.3 Å². The number of hydrogen-bond donors (Lipinski definition) is 3. The molecule has 7 heteroatoms. The standard InChI is InChI=1S/C24H25N3O4/c1-16-8-6-9-17(2)22(16)27-21(28)15-25-23(29)19(14-18-10-4-3-5-11-18)26-24(30)20-12-7-13-31-20/h3-13,19H,14-15H2,1-2H3,(H,25,29)(H,26,30)(H,27,28). The summed E-state index contributed by atoms with van der Waals surface area (Å²) >= 11 is 0. The van der Waals surface area contributed by atoms with Crippen LogP contribution in [-0.2, 0) is 16.0 Å². The lowest BCUT2D eigenvalue weighted by Crippen LogP contribution is -2.49. The van der Waals surface area contributed by atoms with Gasteiger partial charge < -0.3 is 20.4 Å². The first kappa shape index (κ1) is 21.8. The van der Waals surface area contributed by atoms with Gasteiger partial charge in [0.2, 0.25) is 11.8 Å². The number of rotatable bonds is 8. The Labute approximate surface area is 180 Å². The quantitative estimate of drug-likeness (QED) is 0.523. The summed E-state index contributed by atoms with van der Waals surface area (Å²) < 4.78 is 5.11. The van der Waals surface area contributed by atoms with Gasteiger partial charge in [0, 0.05) is 12.1 Å². The van der Waals surface area contributed by atoms with E-state index in [1.54, 1.807) is 6.07 Å². The fourth-order valence-electron chi connectivity index (χ4n) is 3.18. The molecule has 0 bridgehead atoms. The molecular weight excluding hydrogens is 394 g/mol. The van der Waals surface area contributed by atoms with Crippen molar-refractivity contribution in [2.24, 2.45) is 0 Å². The maximum Gasteiger partial charge on any atom is 0.287 e. The molecule has 0 saturated carbocycles. The van der Waals surface area contributed by atoms with Crippen molar-refractivity contribution < 1.29 is 18.8 Å². The molecule has 0 fully saturated rings. The third-order valence-corrected chi connectivity index (χ3v) is 4.82. The van der Waals surface area contributed by atoms with Gasteiger partial charge in [0.25, 0.3) is 5.91 Å². The molecule has 3 rings (SSSR count). The summed E-state index contributed by atoms with van der Waals surface area (Å²) in [6, 6.07) is 17.3. The molecule has 3 aromatic rings. The Balaban J connectivity index is 1.64. The molecule has 31 heavy (non-hydrogen) atoms. The Morgan fingerprint density at radius 2 is 1.61 bits per heavy atom. The van der Waals surface area contributed by atoms with Crippen molar-refractivity contribution in [3.63, 3.8) is 0 Å². The number of hydrogen-bond acceptors (Lipinski definition) is 4. The third-order valence-electron chi connectivity index (χ3n) is 4.82. The number of aryl methyl sites for hydroxylation is 2. The van der Waals surface area contributed by atoms with E-state index in [-0.39, 0.29) is 24.6 Å². The Bertz CT molecular complexity index is 1030. The molecule has 1 unspecified atom stereocenters. The number of benzene rings is 2. The average molecular weight is 419 g/mol. The van der Waals surface area contributed by atoms with Gasteiger partial charge >= 0.3 is 0 Å². The minimum Gasteiger partial charge on any atom is -0.459 e. The highest BCUT2D eigenvalue weighted by atomic mass is 16.3. The first-order chi connectivity index (χ1) is 14.9. The summed E-state index contributed by atoms with van der Waals surface area (Å²) in [6.07, 6.45) is 1.66. The zero-order valence-electron chi connectivity index (χ0n) is 17.5. The lowest BCUT2D eigenvalue weighted by Gasteiger charge is -2.18. The van der Waals surface area contributed by atoms with Crippen molar-refractivity contribution in [2.75, 3.05) is 11.9 Å². The molecule has 3 N–H and O–H groups in total. The number of amides is 3. The molecule has 7 nitrogen and oxygen atoms in total. The summed E-state index contributed by atoms with van der Waals surface area (Å²) in [5.41, 5.74) is 3.48. The van der Waals surface area contributed by atoms with Gasteiger partial charge in [-0.05, 0) is 42.7 Å². The molecule has 0 aliphatic rings. The zero-order valence-corrected chi connectivity index (χ0v) is 17.5. The van der Waals surface area contributed by atoms with E-state index in [0.29, 0.717) is 0 Å². The van der Waals surface area contributed by atoms with Gasteiger partial charge in [-0.3, -0.25) is 14.4 Å². The van der Waals surface area contributed by atoms with Crippen molar-refractivity contribution in [1.82, 2.24) is 10.6 Å². The summed E-state index contributed by atoms with van der Waals surface area (Å²) in [6.45, 7) is 3.59. The molecule has 1 atom stereocenters. The van der Waals surface area contributed by atoms with Crippen LogP contribution < -0.4 is 16.0 Å². The van der Waals surface area contributed by atoms with Crippen molar-refractivity contribution >= 4 is 23.4 Å². The largest absolute Gasteiger partial charge is 0.459 e. The normalized spacial score (nSPS) is 11.4. The van der Waals surface area contributed by atoms with Gasteiger partial charge in [-0.1, -0.05) is 48.5 Å². The Kier molecular flexibility index (Phi) is 7.22. The Morgan fingerprint density at radius 1 is 0.903 bits per heavy atom. The SMILES string of the molecule is Cc1cccc(C)c1NC(=O)CNC(=O)C(Cc1ccccc1)NC(=O)c1ccco1. The second-order valence-corrected chi connectivity index (χ2v) is 7.23. The predicted molar refractivity (Wildman–Crippen MR) is 118 cm³/mol. The van der Waals surface area contributed by atoms with Crippen LogP contribution in [0.3, 0.4) is 0 Å². The van der Waals surface area contributed by atoms with Gasteiger partial charge in [-0.2, -0.15) is 0 Å². The van der Waals surface area contributed by atoms with Crippen LogP contribution in [0.1, 0.15) is 27.2 Å². The van der Waals surface area contributed by atoms with Crippen molar-refractivity contribution in [2.45, 2.75) is 26.3 Å². The van der Waals surface area contributed by atoms with Crippen LogP contribution in [0, 0.1) is 13.8 Å². The highest BCUT2D eigenvalue weighted by Crippen LogP contribution is 2.19. The zero-order chi connectivity index (χ0) is 22.2. The van der Waals surface area contributed by atoms with Crippen LogP contribution in [0.2, 0.25) is 0 Å². The van der Waals surface area contributed by atoms with E-state index in [1.807, 2.05) is 62.4 Å². The van der Waals surface area contributed by atoms with Crippen LogP contribution in [0.5, 0.6) is 0 Å². The van der Waals surface area contributed by atoms with E-state index in [4.69, 9.17) is 4.42 Å². The number of para-hydroxylation sites is 1. The van der Waals surface area contributed by atoms with Crippen LogP contribution in [-0.4, -0.2) is 30.3 Å². The average Bonchev–Trinajstić information content (AvgIpc) is 3.30. The van der Waals surface area contributed by atoms with Gasteiger partial charge in [-0.15, -0.1) is 0 Å². The first-order valence-electron chi connectivity index (χ1n) is 9.96. The Hall–Kier alpha value is -3.87. The predicted octanol–water partition coefficient (Wildman–Crippen LogP) is 2.99. The molecule has 160 valence electrons. The molecule has 0 aliphatic heterocycles. The van der Waals surface area contributed by atoms with E-state index < -0.39 is 17.9 Å². The summed E-state index contributed by atoms with van der Waals surface area (Å²) in [7, 11) is 0. The number of anilines is 1. The monoisotopic (exact) mass is 419 g/mol. The number of carbonyl (C=O) groups excluding carboxylic acids is 3. The summed E-state index contributed by atoms with van der Waals surface area (Å²) in [5, 5.41) is 8.13. The minimum absolute atomic E-state index is 0.110. The molecule has 2 aromatic carbocycles. The highest BCUT2D eigenvalue weighted by molar-refractivity contribution is 5.98. The maximum atomic E-state index is 12.8. The van der Waals surface area contributed by atoms with E-state index in [9.17, 15) is 14.4 Å². The fraction of sp³-hybridized carbons (Fsp3) is 0.208. The van der Waals surface area contributed by atoms with E-state index in [0.717, 1.165) is 22.4 Å². The summed E-state index contributed by atoms with van der Waals surface area (Å²) in [4.78, 5) is 37.6. The van der Waals surface area contributed by atoms with Crippen molar-refractivity contribution in [3.8, 4) is 0 Å². The molecule has 0 saturated heterocycles. The van der Waals surface area contributed by atoms with Gasteiger partial charge in [0.15, 0.2) is 5.76 Å². The molecule has 1 heterocycles. The smallest absolute Gasteiger partial charge is 0.287 e. The van der Waals surface area contributed by atoms with Gasteiger partial charge in [-0.25, -0.2) is 0 Å². The molecule has 0 radical (unpaired) electrons. The fourth-order valence-corrected chi connectivity index (χ4v) is 3.18. The lowest BCUT2D eigenvalue weighted by molar-refractivity contribution is -0.125. The Morgan fingerprint density at radius 3 is 2.26 bits per heavy atom. The van der Waals surface area contributed by atoms with Crippen LogP contribution >= 0.6 is 0 Å². The molecule has 0 spiro atoms. The third kappa shape index (κ3) is 6.05.